The fourth-order valence-electron chi connectivity index (χ4n) is 3.33. The molecule has 3 rings (SSSR count). The Bertz CT molecular complexity index is 725. The van der Waals surface area contributed by atoms with E-state index in [0.717, 1.165) is 25.9 Å². The molecule has 1 saturated carbocycles. The van der Waals surface area contributed by atoms with Gasteiger partial charge in [-0.15, -0.1) is 0 Å². The predicted molar refractivity (Wildman–Crippen MR) is 123 cm³/mol. The molecule has 2 aromatic rings. The molecule has 4 heteroatoms. The standard InChI is InChI=1S/C25H37NO2Si/c1-24(2,3)29(4,5)28-23(18-25(27)16-17-25)26(19-21-12-8-6-9-13-21)20-22-14-10-7-11-15-22/h6-15,23,27H,16-20H2,1-5H3/t23-/m0/s1. The van der Waals surface area contributed by atoms with Gasteiger partial charge in [-0.25, -0.2) is 0 Å². The Morgan fingerprint density at radius 2 is 1.38 bits per heavy atom. The minimum Gasteiger partial charge on any atom is -0.401 e. The van der Waals surface area contributed by atoms with Gasteiger partial charge in [-0.1, -0.05) is 81.4 Å². The van der Waals surface area contributed by atoms with E-state index in [1.165, 1.54) is 11.1 Å². The van der Waals surface area contributed by atoms with E-state index in [1.54, 1.807) is 0 Å². The molecule has 0 spiro atoms. The molecule has 0 saturated heterocycles. The third-order valence-corrected chi connectivity index (χ3v) is 11.0. The number of nitrogens with zero attached hydrogens (tertiary/aromatic N) is 1. The molecule has 0 heterocycles. The zero-order valence-electron chi connectivity index (χ0n) is 18.7. The van der Waals surface area contributed by atoms with Crippen LogP contribution in [0.2, 0.25) is 18.1 Å². The van der Waals surface area contributed by atoms with Crippen LogP contribution in [0.5, 0.6) is 0 Å². The third kappa shape index (κ3) is 6.26. The Balaban J connectivity index is 1.89. The fraction of sp³-hybridized carbons (Fsp3) is 0.520. The zero-order valence-corrected chi connectivity index (χ0v) is 19.7. The molecule has 0 aromatic heterocycles. The van der Waals surface area contributed by atoms with E-state index in [-0.39, 0.29) is 11.3 Å². The van der Waals surface area contributed by atoms with E-state index in [2.05, 4.69) is 99.4 Å². The Morgan fingerprint density at radius 1 is 0.931 bits per heavy atom. The van der Waals surface area contributed by atoms with Crippen LogP contribution in [0.15, 0.2) is 60.7 Å². The Labute approximate surface area is 177 Å². The SMILES string of the molecule is CC(C)(C)[Si](C)(C)O[C@@H](CC1(O)CC1)N(Cc1ccccc1)Cc1ccccc1. The van der Waals surface area contributed by atoms with Crippen LogP contribution in [0.4, 0.5) is 0 Å². The number of benzene rings is 2. The van der Waals surface area contributed by atoms with E-state index in [1.807, 2.05) is 0 Å². The first-order valence-corrected chi connectivity index (χ1v) is 13.7. The summed E-state index contributed by atoms with van der Waals surface area (Å²) in [5, 5.41) is 10.9. The maximum Gasteiger partial charge on any atom is 0.194 e. The normalized spacial score (nSPS) is 17.3. The number of aliphatic hydroxyl groups is 1. The molecule has 3 nitrogen and oxygen atoms in total. The van der Waals surface area contributed by atoms with Gasteiger partial charge in [-0.2, -0.15) is 0 Å². The van der Waals surface area contributed by atoms with Gasteiger partial charge in [0.05, 0.1) is 5.60 Å². The summed E-state index contributed by atoms with van der Waals surface area (Å²) in [5.74, 6) is 0. The first kappa shape index (κ1) is 22.2. The highest BCUT2D eigenvalue weighted by molar-refractivity contribution is 6.74. The first-order valence-electron chi connectivity index (χ1n) is 10.8. The van der Waals surface area contributed by atoms with Crippen LogP contribution >= 0.6 is 0 Å². The van der Waals surface area contributed by atoms with Crippen molar-refractivity contribution in [3.05, 3.63) is 71.8 Å². The molecule has 0 unspecified atom stereocenters. The van der Waals surface area contributed by atoms with Crippen LogP contribution in [0.3, 0.4) is 0 Å². The summed E-state index contributed by atoms with van der Waals surface area (Å²) in [7, 11) is -1.99. The minimum atomic E-state index is -1.99. The van der Waals surface area contributed by atoms with Crippen molar-refractivity contribution in [1.82, 2.24) is 4.90 Å². The number of rotatable bonds is 9. The largest absolute Gasteiger partial charge is 0.401 e. The van der Waals surface area contributed by atoms with Crippen LogP contribution in [-0.2, 0) is 17.5 Å². The Kier molecular flexibility index (Phi) is 6.69. The lowest BCUT2D eigenvalue weighted by atomic mass is 10.1. The van der Waals surface area contributed by atoms with E-state index < -0.39 is 13.9 Å². The molecule has 0 aliphatic heterocycles. The number of hydrogen-bond acceptors (Lipinski definition) is 3. The zero-order chi connectivity index (χ0) is 21.1. The van der Waals surface area contributed by atoms with Crippen LogP contribution in [0.1, 0.15) is 51.2 Å². The van der Waals surface area contributed by atoms with Crippen LogP contribution in [0.25, 0.3) is 0 Å². The van der Waals surface area contributed by atoms with Crippen molar-refractivity contribution in [2.24, 2.45) is 0 Å². The molecule has 158 valence electrons. The lowest BCUT2D eigenvalue weighted by Gasteiger charge is -2.43. The lowest BCUT2D eigenvalue weighted by molar-refractivity contribution is -0.0383. The maximum atomic E-state index is 10.8. The summed E-state index contributed by atoms with van der Waals surface area (Å²) in [5.41, 5.74) is 1.99. The monoisotopic (exact) mass is 411 g/mol. The highest BCUT2D eigenvalue weighted by Gasteiger charge is 2.47. The summed E-state index contributed by atoms with van der Waals surface area (Å²) in [6, 6.07) is 21.2. The van der Waals surface area contributed by atoms with Crippen LogP contribution in [0, 0.1) is 0 Å². The smallest absolute Gasteiger partial charge is 0.194 e. The molecular formula is C25H37NO2Si. The van der Waals surface area contributed by atoms with Crippen molar-refractivity contribution in [1.29, 1.82) is 0 Å². The average molecular weight is 412 g/mol. The van der Waals surface area contributed by atoms with Gasteiger partial charge in [0.2, 0.25) is 0 Å². The van der Waals surface area contributed by atoms with Crippen molar-refractivity contribution in [3.63, 3.8) is 0 Å². The molecule has 29 heavy (non-hydrogen) atoms. The molecule has 0 bridgehead atoms. The van der Waals surface area contributed by atoms with Gasteiger partial charge < -0.3 is 9.53 Å². The van der Waals surface area contributed by atoms with Crippen molar-refractivity contribution in [2.45, 2.75) is 83.1 Å². The Morgan fingerprint density at radius 3 is 1.76 bits per heavy atom. The van der Waals surface area contributed by atoms with Crippen molar-refractivity contribution >= 4 is 8.32 Å². The molecule has 1 aliphatic rings. The summed E-state index contributed by atoms with van der Waals surface area (Å²) >= 11 is 0. The van der Waals surface area contributed by atoms with E-state index in [4.69, 9.17) is 4.43 Å². The highest BCUT2D eigenvalue weighted by atomic mass is 28.4. The van der Waals surface area contributed by atoms with Gasteiger partial charge in [0.1, 0.15) is 6.23 Å². The molecule has 2 aromatic carbocycles. The second-order valence-corrected chi connectivity index (χ2v) is 14.9. The van der Waals surface area contributed by atoms with Gasteiger partial charge in [-0.3, -0.25) is 4.90 Å². The van der Waals surface area contributed by atoms with Gasteiger partial charge in [0.15, 0.2) is 8.32 Å². The van der Waals surface area contributed by atoms with Gasteiger partial charge in [-0.05, 0) is 42.1 Å². The molecule has 0 radical (unpaired) electrons. The highest BCUT2D eigenvalue weighted by Crippen LogP contribution is 2.44. The summed E-state index contributed by atoms with van der Waals surface area (Å²) < 4.78 is 6.93. The average Bonchev–Trinajstić information content (AvgIpc) is 3.38. The maximum absolute atomic E-state index is 10.8. The van der Waals surface area contributed by atoms with E-state index >= 15 is 0 Å². The summed E-state index contributed by atoms with van der Waals surface area (Å²) in [6.07, 6.45) is 2.35. The van der Waals surface area contributed by atoms with Crippen LogP contribution < -0.4 is 0 Å². The van der Waals surface area contributed by atoms with Crippen molar-refractivity contribution in [3.8, 4) is 0 Å². The van der Waals surface area contributed by atoms with Gasteiger partial charge in [0, 0.05) is 19.5 Å². The molecular weight excluding hydrogens is 374 g/mol. The van der Waals surface area contributed by atoms with E-state index in [0.29, 0.717) is 6.42 Å². The number of hydrogen-bond donors (Lipinski definition) is 1. The fourth-order valence-corrected chi connectivity index (χ4v) is 4.60. The topological polar surface area (TPSA) is 32.7 Å². The second kappa shape index (κ2) is 8.72. The van der Waals surface area contributed by atoms with Crippen molar-refractivity contribution < 1.29 is 9.53 Å². The van der Waals surface area contributed by atoms with Crippen LogP contribution in [-0.4, -0.2) is 30.2 Å². The summed E-state index contributed by atoms with van der Waals surface area (Å²) in [4.78, 5) is 2.42. The molecule has 1 atom stereocenters. The molecule has 0 amide bonds. The van der Waals surface area contributed by atoms with E-state index in [9.17, 15) is 5.11 Å². The molecule has 1 fully saturated rings. The quantitative estimate of drug-likeness (QED) is 0.409. The lowest BCUT2D eigenvalue weighted by Crippen LogP contribution is -2.50. The third-order valence-electron chi connectivity index (χ3n) is 6.48. The molecule has 1 N–H and O–H groups in total. The summed E-state index contributed by atoms with van der Waals surface area (Å²) in [6.45, 7) is 13.1. The molecule has 1 aliphatic carbocycles. The van der Waals surface area contributed by atoms with Gasteiger partial charge >= 0.3 is 0 Å². The first-order chi connectivity index (χ1) is 13.6. The van der Waals surface area contributed by atoms with Crippen molar-refractivity contribution in [2.75, 3.05) is 0 Å². The van der Waals surface area contributed by atoms with Gasteiger partial charge in [0.25, 0.3) is 0 Å². The predicted octanol–water partition coefficient (Wildman–Crippen LogP) is 5.95. The minimum absolute atomic E-state index is 0.0937. The Hall–Kier alpha value is -1.46. The second-order valence-electron chi connectivity index (χ2n) is 10.1.